The molecule has 13 heavy (non-hydrogen) atoms. The molecule has 0 saturated heterocycles. The van der Waals surface area contributed by atoms with Gasteiger partial charge in [0.1, 0.15) is 5.72 Å². The van der Waals surface area contributed by atoms with E-state index < -0.39 is 20.9 Å². The molecule has 11 heteroatoms. The fourth-order valence-corrected chi connectivity index (χ4v) is 0.744. The summed E-state index contributed by atoms with van der Waals surface area (Å²) in [7, 11) is -1.09. The lowest BCUT2D eigenvalue weighted by Gasteiger charge is -2.14. The van der Waals surface area contributed by atoms with Gasteiger partial charge in [-0.2, -0.15) is 0 Å². The van der Waals surface area contributed by atoms with E-state index in [1.165, 1.54) is 0 Å². The number of amides is 1. The van der Waals surface area contributed by atoms with Crippen LogP contribution >= 0.6 is 0 Å². The third-order valence-electron chi connectivity index (χ3n) is 1.39. The molecule has 0 saturated carbocycles. The van der Waals surface area contributed by atoms with E-state index >= 15 is 0 Å². The number of aromatic amines is 1. The molecule has 8 nitrogen and oxygen atoms in total. The fourth-order valence-electron chi connectivity index (χ4n) is 0.744. The molecule has 0 atom stereocenters. The van der Waals surface area contributed by atoms with Gasteiger partial charge in [0.2, 0.25) is 0 Å². The zero-order chi connectivity index (χ0) is 9.68. The standard InChI is InChI=1S/C2H6B3N5O3/c11-2(4-12)10(5-13)3-1-6-8-9-7-1/h3-5,12-13H,(H,6,7,8,9). The Kier molecular flexibility index (Phi) is 3.47. The van der Waals surface area contributed by atoms with Gasteiger partial charge in [-0.3, -0.25) is 4.79 Å². The lowest BCUT2D eigenvalue weighted by atomic mass is 9.79. The molecule has 3 N–H and O–H groups in total. The van der Waals surface area contributed by atoms with E-state index in [1.54, 1.807) is 0 Å². The first-order valence-corrected chi connectivity index (χ1v) is 3.50. The van der Waals surface area contributed by atoms with E-state index in [0.717, 1.165) is 4.72 Å². The van der Waals surface area contributed by atoms with Gasteiger partial charge in [0.05, 0.1) is 0 Å². The Labute approximate surface area is 75.2 Å². The van der Waals surface area contributed by atoms with Gasteiger partial charge in [0, 0.05) is 0 Å². The van der Waals surface area contributed by atoms with Gasteiger partial charge in [-0.1, -0.05) is 0 Å². The number of nitrogens with one attached hydrogen (secondary N) is 1. The van der Waals surface area contributed by atoms with Crippen molar-refractivity contribution in [2.24, 2.45) is 0 Å². The van der Waals surface area contributed by atoms with Crippen molar-refractivity contribution in [3.8, 4) is 0 Å². The number of H-pyrrole nitrogens is 1. The first-order valence-electron chi connectivity index (χ1n) is 3.50. The predicted molar refractivity (Wildman–Crippen MR) is 46.9 cm³/mol. The maximum absolute atomic E-state index is 10.9. The number of tetrazole rings is 1. The van der Waals surface area contributed by atoms with Gasteiger partial charge < -0.3 is 14.8 Å². The second kappa shape index (κ2) is 4.62. The number of hydrogen-bond acceptors (Lipinski definition) is 6. The summed E-state index contributed by atoms with van der Waals surface area (Å²) in [5, 5.41) is 29.8. The lowest BCUT2D eigenvalue weighted by Crippen LogP contribution is -2.46. The highest BCUT2D eigenvalue weighted by molar-refractivity contribution is 6.77. The van der Waals surface area contributed by atoms with Crippen LogP contribution in [-0.4, -0.2) is 63.7 Å². The van der Waals surface area contributed by atoms with Crippen LogP contribution in [0.1, 0.15) is 0 Å². The third kappa shape index (κ3) is 2.56. The van der Waals surface area contributed by atoms with Gasteiger partial charge in [-0.25, -0.2) is 5.10 Å². The molecular formula is C2H6B3N5O3. The van der Waals surface area contributed by atoms with E-state index in [9.17, 15) is 4.79 Å². The Morgan fingerprint density at radius 1 is 1.54 bits per heavy atom. The van der Waals surface area contributed by atoms with Gasteiger partial charge >= 0.3 is 22.5 Å². The van der Waals surface area contributed by atoms with Crippen LogP contribution in [0.4, 0.5) is 4.79 Å². The molecule has 0 radical (unpaired) electrons. The topological polar surface area (TPSA) is 115 Å². The molecule has 1 aromatic heterocycles. The molecule has 1 rings (SSSR count). The quantitative estimate of drug-likeness (QED) is 0.401. The summed E-state index contributed by atoms with van der Waals surface area (Å²) >= 11 is 0. The zero-order valence-corrected chi connectivity index (χ0v) is 6.71. The van der Waals surface area contributed by atoms with Crippen molar-refractivity contribution in [3.05, 3.63) is 0 Å². The highest BCUT2D eigenvalue weighted by Gasteiger charge is 2.17. The average molecular weight is 181 g/mol. The number of aromatic nitrogens is 4. The van der Waals surface area contributed by atoms with E-state index in [-0.39, 0.29) is 7.41 Å². The van der Waals surface area contributed by atoms with Gasteiger partial charge in [-0.05, 0) is 10.4 Å². The lowest BCUT2D eigenvalue weighted by molar-refractivity contribution is 0.251. The van der Waals surface area contributed by atoms with Crippen LogP contribution in [0, 0.1) is 0 Å². The monoisotopic (exact) mass is 181 g/mol. The Morgan fingerprint density at radius 3 is 2.77 bits per heavy atom. The molecule has 1 amide bonds. The highest BCUT2D eigenvalue weighted by atomic mass is 16.2. The van der Waals surface area contributed by atoms with Crippen molar-refractivity contribution >= 4 is 34.0 Å². The molecule has 0 bridgehead atoms. The first kappa shape index (κ1) is 9.74. The van der Waals surface area contributed by atoms with Crippen molar-refractivity contribution < 1.29 is 14.8 Å². The molecule has 0 unspecified atom stereocenters. The molecule has 0 aliphatic rings. The summed E-state index contributed by atoms with van der Waals surface area (Å²) in [6.45, 7) is 0. The van der Waals surface area contributed by atoms with E-state index in [1.807, 2.05) is 0 Å². The van der Waals surface area contributed by atoms with Crippen LogP contribution in [0.25, 0.3) is 0 Å². The van der Waals surface area contributed by atoms with Crippen LogP contribution in [0.15, 0.2) is 0 Å². The predicted octanol–water partition coefficient (Wildman–Crippen LogP) is -4.80. The first-order chi connectivity index (χ1) is 6.27. The maximum Gasteiger partial charge on any atom is 0.382 e. The Balaban J connectivity index is 2.54. The minimum Gasteiger partial charge on any atom is -0.446 e. The summed E-state index contributed by atoms with van der Waals surface area (Å²) in [6.07, 6.45) is 0. The van der Waals surface area contributed by atoms with Crippen LogP contribution in [0.3, 0.4) is 0 Å². The van der Waals surface area contributed by atoms with E-state index in [4.69, 9.17) is 10.0 Å². The second-order valence-electron chi connectivity index (χ2n) is 2.24. The molecule has 66 valence electrons. The average Bonchev–Trinajstić information content (AvgIpc) is 2.65. The molecule has 0 aliphatic heterocycles. The Hall–Kier alpha value is -1.35. The van der Waals surface area contributed by atoms with Gasteiger partial charge in [0.25, 0.3) is 0 Å². The molecule has 0 spiro atoms. The summed E-state index contributed by atoms with van der Waals surface area (Å²) < 4.78 is 1.00. The van der Waals surface area contributed by atoms with Crippen LogP contribution < -0.4 is 5.72 Å². The normalized spacial score (nSPS) is 9.08. The number of rotatable bonds is 4. The maximum atomic E-state index is 10.9. The molecule has 1 heterocycles. The SMILES string of the molecule is O=C(BO)N(BO)Bc1nnn[nH]1. The number of carbonyl (C=O) groups excluding carboxylic acids is 1. The van der Waals surface area contributed by atoms with Crippen LogP contribution in [0.5, 0.6) is 0 Å². The largest absolute Gasteiger partial charge is 0.446 e. The van der Waals surface area contributed by atoms with Crippen LogP contribution in [0.2, 0.25) is 0 Å². The van der Waals surface area contributed by atoms with E-state index in [2.05, 4.69) is 20.6 Å². The van der Waals surface area contributed by atoms with Crippen molar-refractivity contribution in [2.75, 3.05) is 0 Å². The van der Waals surface area contributed by atoms with Crippen molar-refractivity contribution in [1.82, 2.24) is 25.3 Å². The summed E-state index contributed by atoms with van der Waals surface area (Å²) in [5.41, 5.74) is 0.343. The van der Waals surface area contributed by atoms with Gasteiger partial charge in [-0.15, -0.1) is 5.10 Å². The molecule has 1 aromatic rings. The molecule has 0 aromatic carbocycles. The van der Waals surface area contributed by atoms with Crippen molar-refractivity contribution in [1.29, 1.82) is 0 Å². The number of hydrogen-bond donors (Lipinski definition) is 3. The summed E-state index contributed by atoms with van der Waals surface area (Å²) in [4.78, 5) is 10.9. The smallest absolute Gasteiger partial charge is 0.382 e. The second-order valence-corrected chi connectivity index (χ2v) is 2.24. The van der Waals surface area contributed by atoms with E-state index in [0.29, 0.717) is 5.72 Å². The van der Waals surface area contributed by atoms with Gasteiger partial charge in [0.15, 0.2) is 5.81 Å². The minimum absolute atomic E-state index is 0.0445. The zero-order valence-electron chi connectivity index (χ0n) is 6.71. The molecule has 0 aliphatic carbocycles. The minimum atomic E-state index is -0.651. The summed E-state index contributed by atoms with van der Waals surface area (Å²) in [6, 6.07) is 0. The Morgan fingerprint density at radius 2 is 2.31 bits per heavy atom. The molecule has 0 fully saturated rings. The number of nitrogens with zero attached hydrogens (tertiary/aromatic N) is 4. The third-order valence-corrected chi connectivity index (χ3v) is 1.39. The number of carbonyl (C=O) groups is 1. The van der Waals surface area contributed by atoms with Crippen molar-refractivity contribution in [2.45, 2.75) is 0 Å². The summed E-state index contributed by atoms with van der Waals surface area (Å²) in [5.74, 6) is -0.584. The Bertz CT molecular complexity index is 266. The van der Waals surface area contributed by atoms with Crippen LogP contribution in [-0.2, 0) is 0 Å². The fraction of sp³-hybridized carbons (Fsp3) is 0. The molecular weight excluding hydrogens is 174 g/mol. The van der Waals surface area contributed by atoms with Crippen molar-refractivity contribution in [3.63, 3.8) is 0 Å². The highest BCUT2D eigenvalue weighted by Crippen LogP contribution is 1.81.